The molecule has 1 aromatic heterocycles. The zero-order valence-corrected chi connectivity index (χ0v) is 12.2. The lowest BCUT2D eigenvalue weighted by molar-refractivity contribution is 0.0954. The quantitative estimate of drug-likeness (QED) is 0.937. The first-order valence-corrected chi connectivity index (χ1v) is 6.88. The molecule has 0 unspecified atom stereocenters. The van der Waals surface area contributed by atoms with Crippen molar-refractivity contribution in [2.75, 3.05) is 6.54 Å². The molecular formula is C15H12BrN3O. The van der Waals surface area contributed by atoms with E-state index in [1.165, 1.54) is 12.3 Å². The fourth-order valence-electron chi connectivity index (χ4n) is 1.75. The highest BCUT2D eigenvalue weighted by Gasteiger charge is 2.06. The number of hydrogen-bond donors (Lipinski definition) is 1. The van der Waals surface area contributed by atoms with E-state index in [1.54, 1.807) is 6.07 Å². The van der Waals surface area contributed by atoms with E-state index in [-0.39, 0.29) is 11.6 Å². The Kier molecular flexibility index (Phi) is 4.85. The zero-order valence-electron chi connectivity index (χ0n) is 10.6. The summed E-state index contributed by atoms with van der Waals surface area (Å²) in [7, 11) is 0. The van der Waals surface area contributed by atoms with Crippen molar-refractivity contribution in [3.63, 3.8) is 0 Å². The molecule has 0 atom stereocenters. The van der Waals surface area contributed by atoms with Crippen LogP contribution in [0.25, 0.3) is 0 Å². The minimum atomic E-state index is -0.198. The number of halogens is 1. The second kappa shape index (κ2) is 6.83. The van der Waals surface area contributed by atoms with Crippen LogP contribution in [0.2, 0.25) is 0 Å². The minimum absolute atomic E-state index is 0.198. The van der Waals surface area contributed by atoms with Gasteiger partial charge in [-0.25, -0.2) is 4.98 Å². The van der Waals surface area contributed by atoms with Crippen LogP contribution >= 0.6 is 15.9 Å². The van der Waals surface area contributed by atoms with Gasteiger partial charge in [0, 0.05) is 22.8 Å². The summed E-state index contributed by atoms with van der Waals surface area (Å²) < 4.78 is 1.03. The standard InChI is InChI=1S/C15H12BrN3O/c16-14-4-2-1-3-11(14)5-8-19-15(20)12-6-7-18-13(9-12)10-17/h1-4,6-7,9H,5,8H2,(H,19,20). The summed E-state index contributed by atoms with van der Waals surface area (Å²) in [5, 5.41) is 11.6. The van der Waals surface area contributed by atoms with E-state index >= 15 is 0 Å². The first-order valence-electron chi connectivity index (χ1n) is 6.08. The number of hydrogen-bond acceptors (Lipinski definition) is 3. The Morgan fingerprint density at radius 2 is 2.15 bits per heavy atom. The number of amides is 1. The highest BCUT2D eigenvalue weighted by molar-refractivity contribution is 9.10. The lowest BCUT2D eigenvalue weighted by atomic mass is 10.1. The molecule has 1 amide bonds. The molecule has 2 rings (SSSR count). The van der Waals surface area contributed by atoms with Crippen LogP contribution in [0, 0.1) is 11.3 Å². The van der Waals surface area contributed by atoms with Crippen LogP contribution in [0.15, 0.2) is 47.1 Å². The Hall–Kier alpha value is -2.19. The summed E-state index contributed by atoms with van der Waals surface area (Å²) in [5.74, 6) is -0.198. The van der Waals surface area contributed by atoms with Crippen LogP contribution in [-0.4, -0.2) is 17.4 Å². The molecular weight excluding hydrogens is 318 g/mol. The van der Waals surface area contributed by atoms with Gasteiger partial charge in [-0.2, -0.15) is 5.26 Å². The number of carbonyl (C=O) groups is 1. The van der Waals surface area contributed by atoms with Crippen LogP contribution in [0.5, 0.6) is 0 Å². The normalized spacial score (nSPS) is 9.80. The van der Waals surface area contributed by atoms with Crippen LogP contribution in [0.3, 0.4) is 0 Å². The van der Waals surface area contributed by atoms with E-state index < -0.39 is 0 Å². The number of pyridine rings is 1. The van der Waals surface area contributed by atoms with Gasteiger partial charge in [0.1, 0.15) is 11.8 Å². The van der Waals surface area contributed by atoms with Gasteiger partial charge in [-0.3, -0.25) is 4.79 Å². The third-order valence-electron chi connectivity index (χ3n) is 2.77. The van der Waals surface area contributed by atoms with Gasteiger partial charge in [0.2, 0.25) is 0 Å². The topological polar surface area (TPSA) is 65.8 Å². The first-order chi connectivity index (χ1) is 9.70. The number of nitrogens with zero attached hydrogens (tertiary/aromatic N) is 2. The lowest BCUT2D eigenvalue weighted by Crippen LogP contribution is -2.25. The molecule has 0 bridgehead atoms. The van der Waals surface area contributed by atoms with E-state index in [4.69, 9.17) is 5.26 Å². The number of nitrogens with one attached hydrogen (secondary N) is 1. The molecule has 0 saturated heterocycles. The van der Waals surface area contributed by atoms with Gasteiger partial charge in [-0.1, -0.05) is 34.1 Å². The molecule has 1 N–H and O–H groups in total. The second-order valence-corrected chi connectivity index (χ2v) is 4.99. The van der Waals surface area contributed by atoms with Crippen molar-refractivity contribution in [3.05, 3.63) is 63.9 Å². The Labute approximate surface area is 125 Å². The Balaban J connectivity index is 1.93. The summed E-state index contributed by atoms with van der Waals surface area (Å²) in [6, 6.07) is 12.9. The molecule has 1 heterocycles. The van der Waals surface area contributed by atoms with E-state index in [0.717, 1.165) is 16.5 Å². The van der Waals surface area contributed by atoms with Crippen molar-refractivity contribution < 1.29 is 4.79 Å². The predicted octanol–water partition coefficient (Wildman–Crippen LogP) is 2.69. The molecule has 100 valence electrons. The second-order valence-electron chi connectivity index (χ2n) is 4.14. The molecule has 5 heteroatoms. The van der Waals surface area contributed by atoms with Gasteiger partial charge in [-0.15, -0.1) is 0 Å². The van der Waals surface area contributed by atoms with Crippen LogP contribution < -0.4 is 5.32 Å². The average Bonchev–Trinajstić information content (AvgIpc) is 2.49. The molecule has 20 heavy (non-hydrogen) atoms. The van der Waals surface area contributed by atoms with Gasteiger partial charge in [0.25, 0.3) is 5.91 Å². The highest BCUT2D eigenvalue weighted by Crippen LogP contribution is 2.15. The van der Waals surface area contributed by atoms with Crippen molar-refractivity contribution in [1.29, 1.82) is 5.26 Å². The maximum absolute atomic E-state index is 11.9. The van der Waals surface area contributed by atoms with Crippen molar-refractivity contribution in [3.8, 4) is 6.07 Å². The fraction of sp³-hybridized carbons (Fsp3) is 0.133. The molecule has 0 saturated carbocycles. The monoisotopic (exact) mass is 329 g/mol. The summed E-state index contributed by atoms with van der Waals surface area (Å²) in [4.78, 5) is 15.8. The van der Waals surface area contributed by atoms with Gasteiger partial charge in [0.15, 0.2) is 0 Å². The molecule has 0 spiro atoms. The lowest BCUT2D eigenvalue weighted by Gasteiger charge is -2.06. The van der Waals surface area contributed by atoms with Crippen LogP contribution in [0.1, 0.15) is 21.6 Å². The maximum Gasteiger partial charge on any atom is 0.251 e. The van der Waals surface area contributed by atoms with Gasteiger partial charge in [0.05, 0.1) is 0 Å². The Bertz CT molecular complexity index is 664. The average molecular weight is 330 g/mol. The number of benzene rings is 1. The van der Waals surface area contributed by atoms with Gasteiger partial charge >= 0.3 is 0 Å². The predicted molar refractivity (Wildman–Crippen MR) is 79.1 cm³/mol. The number of rotatable bonds is 4. The smallest absolute Gasteiger partial charge is 0.251 e. The first kappa shape index (κ1) is 14.2. The molecule has 2 aromatic rings. The number of aromatic nitrogens is 1. The molecule has 0 aliphatic rings. The SMILES string of the molecule is N#Cc1cc(C(=O)NCCc2ccccc2Br)ccn1. The largest absolute Gasteiger partial charge is 0.352 e. The third-order valence-corrected chi connectivity index (χ3v) is 3.55. The Morgan fingerprint density at radius 3 is 2.90 bits per heavy atom. The number of nitriles is 1. The summed E-state index contributed by atoms with van der Waals surface area (Å²) >= 11 is 3.47. The van der Waals surface area contributed by atoms with Crippen LogP contribution in [0.4, 0.5) is 0 Å². The summed E-state index contributed by atoms with van der Waals surface area (Å²) in [5.41, 5.74) is 1.83. The van der Waals surface area contributed by atoms with Crippen molar-refractivity contribution in [2.45, 2.75) is 6.42 Å². The van der Waals surface area contributed by atoms with Gasteiger partial charge in [-0.05, 0) is 30.2 Å². The molecule has 4 nitrogen and oxygen atoms in total. The molecule has 1 aromatic carbocycles. The Morgan fingerprint density at radius 1 is 1.35 bits per heavy atom. The third kappa shape index (κ3) is 3.65. The van der Waals surface area contributed by atoms with Crippen molar-refractivity contribution in [1.82, 2.24) is 10.3 Å². The minimum Gasteiger partial charge on any atom is -0.352 e. The molecule has 0 radical (unpaired) electrons. The van der Waals surface area contributed by atoms with E-state index in [9.17, 15) is 4.79 Å². The maximum atomic E-state index is 11.9. The summed E-state index contributed by atoms with van der Waals surface area (Å²) in [6.07, 6.45) is 2.20. The van der Waals surface area contributed by atoms with E-state index in [2.05, 4.69) is 26.2 Å². The van der Waals surface area contributed by atoms with E-state index in [1.807, 2.05) is 30.3 Å². The van der Waals surface area contributed by atoms with Crippen LogP contribution in [-0.2, 0) is 6.42 Å². The molecule has 0 aliphatic carbocycles. The van der Waals surface area contributed by atoms with Crippen molar-refractivity contribution >= 4 is 21.8 Å². The van der Waals surface area contributed by atoms with E-state index in [0.29, 0.717) is 12.1 Å². The fourth-order valence-corrected chi connectivity index (χ4v) is 2.23. The zero-order chi connectivity index (χ0) is 14.4. The molecule has 0 fully saturated rings. The highest BCUT2D eigenvalue weighted by atomic mass is 79.9. The number of carbonyl (C=O) groups excluding carboxylic acids is 1. The van der Waals surface area contributed by atoms with Gasteiger partial charge < -0.3 is 5.32 Å². The molecule has 0 aliphatic heterocycles. The summed E-state index contributed by atoms with van der Waals surface area (Å²) in [6.45, 7) is 0.533. The van der Waals surface area contributed by atoms with Crippen molar-refractivity contribution in [2.24, 2.45) is 0 Å².